The van der Waals surface area contributed by atoms with Crippen LogP contribution in [0.4, 0.5) is 0 Å². The van der Waals surface area contributed by atoms with E-state index >= 15 is 0 Å². The van der Waals surface area contributed by atoms with Crippen molar-refractivity contribution in [2.24, 2.45) is 11.8 Å². The first-order valence-corrected chi connectivity index (χ1v) is 10.5. The van der Waals surface area contributed by atoms with Gasteiger partial charge in [0.2, 0.25) is 0 Å². The van der Waals surface area contributed by atoms with E-state index in [2.05, 4.69) is 40.8 Å². The predicted octanol–water partition coefficient (Wildman–Crippen LogP) is 3.02. The van der Waals surface area contributed by atoms with E-state index in [-0.39, 0.29) is 0 Å². The van der Waals surface area contributed by atoms with Crippen LogP contribution in [-0.4, -0.2) is 18.1 Å². The van der Waals surface area contributed by atoms with Crippen LogP contribution in [0.5, 0.6) is 0 Å². The third kappa shape index (κ3) is 8.72. The van der Waals surface area contributed by atoms with Crippen LogP contribution >= 0.6 is 0 Å². The molecule has 0 saturated carbocycles. The second-order valence-electron chi connectivity index (χ2n) is 5.02. The van der Waals surface area contributed by atoms with Crippen molar-refractivity contribution in [3.8, 4) is 0 Å². The van der Waals surface area contributed by atoms with Crippen molar-refractivity contribution < 1.29 is 4.12 Å². The minimum absolute atomic E-state index is 0.815. The van der Waals surface area contributed by atoms with Gasteiger partial charge in [0.1, 0.15) is 0 Å². The molecular weight excluding hydrogens is 192 g/mol. The highest BCUT2D eigenvalue weighted by Gasteiger charge is 2.13. The van der Waals surface area contributed by atoms with Crippen molar-refractivity contribution >= 4 is 18.1 Å². The summed E-state index contributed by atoms with van der Waals surface area (Å²) in [4.78, 5) is 0. The summed E-state index contributed by atoms with van der Waals surface area (Å²) < 4.78 is 6.15. The highest BCUT2D eigenvalue weighted by atomic mass is 28.4. The van der Waals surface area contributed by atoms with E-state index in [1.165, 1.54) is 12.1 Å². The average molecular weight is 218 g/mol. The lowest BCUT2D eigenvalue weighted by molar-refractivity contribution is 0.549. The Labute approximate surface area is 87.3 Å². The van der Waals surface area contributed by atoms with E-state index in [1.54, 1.807) is 0 Å². The van der Waals surface area contributed by atoms with Gasteiger partial charge in [0.25, 0.3) is 0 Å². The molecule has 0 N–H and O–H groups in total. The summed E-state index contributed by atoms with van der Waals surface area (Å²) in [6, 6.07) is 2.69. The van der Waals surface area contributed by atoms with Gasteiger partial charge >= 0.3 is 0 Å². The van der Waals surface area contributed by atoms with E-state index in [0.717, 1.165) is 11.8 Å². The minimum atomic E-state index is -0.815. The summed E-state index contributed by atoms with van der Waals surface area (Å²) in [5.41, 5.74) is 0. The molecule has 0 fully saturated rings. The maximum atomic E-state index is 6.15. The minimum Gasteiger partial charge on any atom is -0.460 e. The SMILES string of the molecule is CC(C)C[SiH](C)O[SiH](C)CC(C)C. The zero-order valence-corrected chi connectivity index (χ0v) is 12.4. The van der Waals surface area contributed by atoms with Crippen LogP contribution in [-0.2, 0) is 4.12 Å². The van der Waals surface area contributed by atoms with Gasteiger partial charge in [0.05, 0.1) is 0 Å². The molecule has 2 unspecified atom stereocenters. The summed E-state index contributed by atoms with van der Waals surface area (Å²) in [5.74, 6) is 1.64. The molecule has 2 atom stereocenters. The fourth-order valence-corrected chi connectivity index (χ4v) is 8.55. The normalized spacial score (nSPS) is 16.6. The molecule has 1 nitrogen and oxygen atoms in total. The lowest BCUT2D eigenvalue weighted by atomic mass is 10.3. The molecule has 0 radical (unpaired) electrons. The Balaban J connectivity index is 3.58. The molecule has 0 aromatic rings. The monoisotopic (exact) mass is 218 g/mol. The highest BCUT2D eigenvalue weighted by Crippen LogP contribution is 2.11. The Kier molecular flexibility index (Phi) is 7.00. The number of rotatable bonds is 6. The summed E-state index contributed by atoms with van der Waals surface area (Å²) in [7, 11) is -1.63. The molecule has 0 aliphatic rings. The molecule has 0 amide bonds. The first-order valence-electron chi connectivity index (χ1n) is 5.57. The molecule has 3 heteroatoms. The van der Waals surface area contributed by atoms with Crippen molar-refractivity contribution in [2.45, 2.75) is 52.9 Å². The van der Waals surface area contributed by atoms with Gasteiger partial charge in [0.15, 0.2) is 18.1 Å². The Morgan fingerprint density at radius 3 is 1.38 bits per heavy atom. The Morgan fingerprint density at radius 2 is 1.15 bits per heavy atom. The molecule has 0 aromatic heterocycles. The lowest BCUT2D eigenvalue weighted by Crippen LogP contribution is -2.26. The molecule has 0 bridgehead atoms. The van der Waals surface area contributed by atoms with Crippen molar-refractivity contribution in [3.05, 3.63) is 0 Å². The molecule has 80 valence electrons. The molecule has 0 aliphatic carbocycles. The summed E-state index contributed by atoms with van der Waals surface area (Å²) in [6.07, 6.45) is 0. The third-order valence-electron chi connectivity index (χ3n) is 2.07. The van der Waals surface area contributed by atoms with E-state index in [1.807, 2.05) is 0 Å². The molecule has 0 heterocycles. The van der Waals surface area contributed by atoms with Crippen molar-refractivity contribution in [3.63, 3.8) is 0 Å². The van der Waals surface area contributed by atoms with Crippen molar-refractivity contribution in [2.75, 3.05) is 0 Å². The lowest BCUT2D eigenvalue weighted by Gasteiger charge is -2.20. The van der Waals surface area contributed by atoms with E-state index in [4.69, 9.17) is 4.12 Å². The van der Waals surface area contributed by atoms with Gasteiger partial charge in [-0.05, 0) is 37.0 Å². The fourth-order valence-electron chi connectivity index (χ4n) is 1.84. The summed E-state index contributed by atoms with van der Waals surface area (Å²) >= 11 is 0. The third-order valence-corrected chi connectivity index (χ3v) is 9.00. The Morgan fingerprint density at radius 1 is 0.846 bits per heavy atom. The quantitative estimate of drug-likeness (QED) is 0.623. The first kappa shape index (κ1) is 13.4. The number of hydrogen-bond donors (Lipinski definition) is 0. The molecule has 0 spiro atoms. The van der Waals surface area contributed by atoms with Crippen LogP contribution in [0.15, 0.2) is 0 Å². The van der Waals surface area contributed by atoms with E-state index < -0.39 is 18.1 Å². The van der Waals surface area contributed by atoms with Crippen LogP contribution in [0.3, 0.4) is 0 Å². The number of hydrogen-bond acceptors (Lipinski definition) is 1. The van der Waals surface area contributed by atoms with Gasteiger partial charge in [-0.25, -0.2) is 0 Å². The van der Waals surface area contributed by atoms with Crippen LogP contribution in [0.25, 0.3) is 0 Å². The smallest absolute Gasteiger partial charge is 0.160 e. The van der Waals surface area contributed by atoms with Gasteiger partial charge in [-0.1, -0.05) is 27.7 Å². The van der Waals surface area contributed by atoms with Gasteiger partial charge in [-0.15, -0.1) is 0 Å². The van der Waals surface area contributed by atoms with Crippen LogP contribution < -0.4 is 0 Å². The van der Waals surface area contributed by atoms with E-state index in [9.17, 15) is 0 Å². The average Bonchev–Trinajstić information content (AvgIpc) is 1.80. The van der Waals surface area contributed by atoms with Gasteiger partial charge in [-0.3, -0.25) is 0 Å². The molecule has 0 aromatic carbocycles. The predicted molar refractivity (Wildman–Crippen MR) is 66.4 cm³/mol. The van der Waals surface area contributed by atoms with Crippen molar-refractivity contribution in [1.82, 2.24) is 0 Å². The zero-order chi connectivity index (χ0) is 10.4. The molecule has 0 rings (SSSR count). The Hall–Kier alpha value is 0.394. The second kappa shape index (κ2) is 6.79. The van der Waals surface area contributed by atoms with Gasteiger partial charge in [-0.2, -0.15) is 0 Å². The van der Waals surface area contributed by atoms with Crippen molar-refractivity contribution in [1.29, 1.82) is 0 Å². The van der Waals surface area contributed by atoms with E-state index in [0.29, 0.717) is 0 Å². The maximum Gasteiger partial charge on any atom is 0.160 e. The highest BCUT2D eigenvalue weighted by molar-refractivity contribution is 6.64. The summed E-state index contributed by atoms with van der Waals surface area (Å²) in [5, 5.41) is 0. The molecule has 13 heavy (non-hydrogen) atoms. The topological polar surface area (TPSA) is 9.23 Å². The van der Waals surface area contributed by atoms with Gasteiger partial charge in [0, 0.05) is 0 Å². The first-order chi connectivity index (χ1) is 5.91. The standard InChI is InChI=1S/C10H26OSi2/c1-9(2)7-12(5)11-13(6)8-10(3)4/h9-10,12-13H,7-8H2,1-6H3. The fraction of sp³-hybridized carbons (Fsp3) is 1.00. The molecule has 0 aliphatic heterocycles. The van der Waals surface area contributed by atoms with Crippen LogP contribution in [0, 0.1) is 11.8 Å². The second-order valence-corrected chi connectivity index (χ2v) is 10.3. The zero-order valence-electron chi connectivity index (χ0n) is 10.1. The largest absolute Gasteiger partial charge is 0.460 e. The maximum absolute atomic E-state index is 6.15. The van der Waals surface area contributed by atoms with Gasteiger partial charge < -0.3 is 4.12 Å². The summed E-state index contributed by atoms with van der Waals surface area (Å²) in [6.45, 7) is 13.9. The van der Waals surface area contributed by atoms with Crippen LogP contribution in [0.1, 0.15) is 27.7 Å². The molecular formula is C10H26OSi2. The van der Waals surface area contributed by atoms with Crippen LogP contribution in [0.2, 0.25) is 25.2 Å². The Bertz CT molecular complexity index is 112. The molecule has 0 saturated heterocycles.